The molecular weight excluding hydrogens is 387 g/mol. The highest BCUT2D eigenvalue weighted by Crippen LogP contribution is 2.36. The molecule has 3 nitrogen and oxygen atoms in total. The zero-order valence-electron chi connectivity index (χ0n) is 12.7. The predicted molar refractivity (Wildman–Crippen MR) is 99.4 cm³/mol. The Morgan fingerprint density at radius 2 is 1.82 bits per heavy atom. The van der Waals surface area contributed by atoms with E-state index in [0.29, 0.717) is 6.04 Å². The molecule has 1 aromatic carbocycles. The third kappa shape index (κ3) is 5.08. The zero-order valence-corrected chi connectivity index (χ0v) is 15.9. The summed E-state index contributed by atoms with van der Waals surface area (Å²) in [5, 5.41) is 3.46. The first-order chi connectivity index (χ1) is 9.84. The predicted octanol–water partition coefficient (Wildman–Crippen LogP) is 3.67. The van der Waals surface area contributed by atoms with Crippen molar-refractivity contribution in [3.05, 3.63) is 34.3 Å². The van der Waals surface area contributed by atoms with Gasteiger partial charge in [-0.05, 0) is 36.5 Å². The third-order valence-corrected chi connectivity index (χ3v) is 4.94. The first kappa shape index (κ1) is 20.2. The van der Waals surface area contributed by atoms with Crippen molar-refractivity contribution in [1.29, 1.82) is 0 Å². The lowest BCUT2D eigenvalue weighted by Gasteiger charge is -2.41. The monoisotopic (exact) mass is 410 g/mol. The molecule has 0 aliphatic carbocycles. The van der Waals surface area contributed by atoms with Crippen molar-refractivity contribution in [2.45, 2.75) is 18.9 Å². The molecule has 0 bridgehead atoms. The molecule has 3 rings (SSSR count). The van der Waals surface area contributed by atoms with Gasteiger partial charge in [-0.1, -0.05) is 28.1 Å². The van der Waals surface area contributed by atoms with Crippen LogP contribution in [0.15, 0.2) is 28.7 Å². The average Bonchev–Trinajstić information content (AvgIpc) is 2.50. The van der Waals surface area contributed by atoms with E-state index in [2.05, 4.69) is 50.4 Å². The maximum absolute atomic E-state index is 5.56. The van der Waals surface area contributed by atoms with E-state index in [9.17, 15) is 0 Å². The van der Waals surface area contributed by atoms with Crippen molar-refractivity contribution in [1.82, 2.24) is 10.2 Å². The second-order valence-corrected chi connectivity index (χ2v) is 6.65. The standard InChI is InChI=1S/C16H23BrN2O.2ClH/c17-15-3-1-2-14(12-15)16(13-4-10-20-11-5-13)19-8-6-18-7-9-19;;/h1-3,12-13,16,18H,4-11H2;2*1H/t16-;;/m1../s1. The summed E-state index contributed by atoms with van der Waals surface area (Å²) in [5.41, 5.74) is 1.45. The quantitative estimate of drug-likeness (QED) is 0.821. The molecule has 2 fully saturated rings. The van der Waals surface area contributed by atoms with Gasteiger partial charge in [0.2, 0.25) is 0 Å². The summed E-state index contributed by atoms with van der Waals surface area (Å²) in [5.74, 6) is 0.719. The molecule has 0 saturated carbocycles. The number of nitrogens with zero attached hydrogens (tertiary/aromatic N) is 1. The molecule has 2 saturated heterocycles. The number of piperazine rings is 1. The van der Waals surface area contributed by atoms with E-state index in [-0.39, 0.29) is 24.8 Å². The van der Waals surface area contributed by atoms with E-state index in [1.807, 2.05) is 0 Å². The Balaban J connectivity index is 0.00000121. The minimum atomic E-state index is 0. The van der Waals surface area contributed by atoms with Crippen LogP contribution in [0.2, 0.25) is 0 Å². The summed E-state index contributed by atoms with van der Waals surface area (Å²) in [7, 11) is 0. The molecule has 22 heavy (non-hydrogen) atoms. The SMILES string of the molecule is Brc1cccc([C@@H](C2CCOCC2)N2CCNCC2)c1.Cl.Cl. The number of rotatable bonds is 3. The van der Waals surface area contributed by atoms with E-state index < -0.39 is 0 Å². The number of hydrogen-bond acceptors (Lipinski definition) is 3. The van der Waals surface area contributed by atoms with Crippen molar-refractivity contribution in [2.24, 2.45) is 5.92 Å². The summed E-state index contributed by atoms with van der Waals surface area (Å²) in [4.78, 5) is 2.66. The highest BCUT2D eigenvalue weighted by Gasteiger charge is 2.31. The van der Waals surface area contributed by atoms with E-state index >= 15 is 0 Å². The summed E-state index contributed by atoms with van der Waals surface area (Å²) in [6.45, 7) is 6.34. The van der Waals surface area contributed by atoms with Gasteiger partial charge >= 0.3 is 0 Å². The van der Waals surface area contributed by atoms with Crippen LogP contribution in [0.3, 0.4) is 0 Å². The van der Waals surface area contributed by atoms with Crippen LogP contribution >= 0.6 is 40.7 Å². The van der Waals surface area contributed by atoms with Crippen LogP contribution in [0.25, 0.3) is 0 Å². The van der Waals surface area contributed by atoms with Crippen molar-refractivity contribution < 1.29 is 4.74 Å². The normalized spacial score (nSPS) is 21.5. The van der Waals surface area contributed by atoms with Gasteiger partial charge < -0.3 is 10.1 Å². The van der Waals surface area contributed by atoms with Gasteiger partial charge in [-0.3, -0.25) is 4.90 Å². The molecule has 0 aromatic heterocycles. The molecule has 0 spiro atoms. The first-order valence-corrected chi connectivity index (χ1v) is 8.42. The van der Waals surface area contributed by atoms with Gasteiger partial charge in [0.05, 0.1) is 0 Å². The molecule has 2 heterocycles. The maximum atomic E-state index is 5.56. The first-order valence-electron chi connectivity index (χ1n) is 7.62. The molecule has 126 valence electrons. The van der Waals surface area contributed by atoms with Gasteiger partial charge in [0.15, 0.2) is 0 Å². The van der Waals surface area contributed by atoms with Crippen LogP contribution in [0.4, 0.5) is 0 Å². The van der Waals surface area contributed by atoms with Crippen LogP contribution in [0.1, 0.15) is 24.4 Å². The average molecular weight is 412 g/mol. The maximum Gasteiger partial charge on any atom is 0.0469 e. The molecule has 0 unspecified atom stereocenters. The lowest BCUT2D eigenvalue weighted by molar-refractivity contribution is 0.0213. The molecular formula is C16H25BrCl2N2O. The Hall–Kier alpha value is 0.160. The second-order valence-electron chi connectivity index (χ2n) is 5.74. The third-order valence-electron chi connectivity index (χ3n) is 4.45. The topological polar surface area (TPSA) is 24.5 Å². The van der Waals surface area contributed by atoms with E-state index in [1.165, 1.54) is 22.9 Å². The molecule has 2 aliphatic heterocycles. The van der Waals surface area contributed by atoms with Gasteiger partial charge in [-0.25, -0.2) is 0 Å². The van der Waals surface area contributed by atoms with Crippen molar-refractivity contribution >= 4 is 40.7 Å². The number of halogens is 3. The van der Waals surface area contributed by atoms with Crippen LogP contribution in [0, 0.1) is 5.92 Å². The van der Waals surface area contributed by atoms with E-state index in [0.717, 1.165) is 45.3 Å². The van der Waals surface area contributed by atoms with Crippen LogP contribution in [-0.2, 0) is 4.74 Å². The molecule has 1 aromatic rings. The van der Waals surface area contributed by atoms with Crippen molar-refractivity contribution in [3.63, 3.8) is 0 Å². The highest BCUT2D eigenvalue weighted by atomic mass is 79.9. The summed E-state index contributed by atoms with van der Waals surface area (Å²) >= 11 is 3.62. The Labute approximate surface area is 154 Å². The smallest absolute Gasteiger partial charge is 0.0469 e. The lowest BCUT2D eigenvalue weighted by Crippen LogP contribution is -2.47. The summed E-state index contributed by atoms with van der Waals surface area (Å²) in [6, 6.07) is 9.39. The van der Waals surface area contributed by atoms with Gasteiger partial charge in [0.25, 0.3) is 0 Å². The fourth-order valence-corrected chi connectivity index (χ4v) is 3.88. The zero-order chi connectivity index (χ0) is 13.8. The highest BCUT2D eigenvalue weighted by molar-refractivity contribution is 9.10. The summed E-state index contributed by atoms with van der Waals surface area (Å²) in [6.07, 6.45) is 2.36. The van der Waals surface area contributed by atoms with Gasteiger partial charge in [-0.15, -0.1) is 24.8 Å². The van der Waals surface area contributed by atoms with Crippen molar-refractivity contribution in [2.75, 3.05) is 39.4 Å². The Morgan fingerprint density at radius 3 is 2.45 bits per heavy atom. The molecule has 6 heteroatoms. The second kappa shape index (κ2) is 10.1. The van der Waals surface area contributed by atoms with Crippen LogP contribution < -0.4 is 5.32 Å². The van der Waals surface area contributed by atoms with Crippen molar-refractivity contribution in [3.8, 4) is 0 Å². The molecule has 1 atom stereocenters. The van der Waals surface area contributed by atoms with Crippen LogP contribution in [-0.4, -0.2) is 44.3 Å². The number of benzene rings is 1. The minimum Gasteiger partial charge on any atom is -0.381 e. The van der Waals surface area contributed by atoms with Crippen LogP contribution in [0.5, 0.6) is 0 Å². The fourth-order valence-electron chi connectivity index (χ4n) is 3.46. The Kier molecular flexibility index (Phi) is 9.29. The lowest BCUT2D eigenvalue weighted by atomic mass is 9.85. The molecule has 0 amide bonds. The Morgan fingerprint density at radius 1 is 1.14 bits per heavy atom. The molecule has 1 N–H and O–H groups in total. The number of hydrogen-bond donors (Lipinski definition) is 1. The number of ether oxygens (including phenoxy) is 1. The fraction of sp³-hybridized carbons (Fsp3) is 0.625. The molecule has 0 radical (unpaired) electrons. The Bertz CT molecular complexity index is 420. The summed E-state index contributed by atoms with van der Waals surface area (Å²) < 4.78 is 6.74. The van der Waals surface area contributed by atoms with Gasteiger partial charge in [0.1, 0.15) is 0 Å². The van der Waals surface area contributed by atoms with Gasteiger partial charge in [0, 0.05) is 49.9 Å². The van der Waals surface area contributed by atoms with E-state index in [4.69, 9.17) is 4.74 Å². The minimum absolute atomic E-state index is 0. The van der Waals surface area contributed by atoms with Gasteiger partial charge in [-0.2, -0.15) is 0 Å². The van der Waals surface area contributed by atoms with E-state index in [1.54, 1.807) is 0 Å². The molecule has 2 aliphatic rings. The number of nitrogens with one attached hydrogen (secondary N) is 1. The largest absolute Gasteiger partial charge is 0.381 e.